The van der Waals surface area contributed by atoms with E-state index in [9.17, 15) is 0 Å². The van der Waals surface area contributed by atoms with Crippen molar-refractivity contribution in [2.45, 2.75) is 40.2 Å². The summed E-state index contributed by atoms with van der Waals surface area (Å²) in [5, 5.41) is 3.52. The summed E-state index contributed by atoms with van der Waals surface area (Å²) in [7, 11) is 2.17. The molecule has 0 radical (unpaired) electrons. The summed E-state index contributed by atoms with van der Waals surface area (Å²) in [6.45, 7) is 11.1. The summed E-state index contributed by atoms with van der Waals surface area (Å²) in [5.41, 5.74) is 2.70. The lowest BCUT2D eigenvalue weighted by atomic mass is 10.1. The number of anilines is 1. The molecule has 1 aromatic carbocycles. The van der Waals surface area contributed by atoms with E-state index in [1.165, 1.54) is 11.3 Å². The zero-order valence-electron chi connectivity index (χ0n) is 12.5. The van der Waals surface area contributed by atoms with Gasteiger partial charge in [-0.05, 0) is 43.5 Å². The maximum Gasteiger partial charge on any atom is 0.0383 e. The predicted octanol–water partition coefficient (Wildman–Crippen LogP) is 3.32. The summed E-state index contributed by atoms with van der Waals surface area (Å²) in [6, 6.07) is 9.40. The van der Waals surface area contributed by atoms with Crippen molar-refractivity contribution in [3.63, 3.8) is 0 Å². The molecule has 1 aromatic rings. The average molecular weight is 248 g/mol. The Morgan fingerprint density at radius 1 is 1.06 bits per heavy atom. The van der Waals surface area contributed by atoms with Gasteiger partial charge in [-0.3, -0.25) is 0 Å². The highest BCUT2D eigenvalue weighted by atomic mass is 15.1. The van der Waals surface area contributed by atoms with E-state index >= 15 is 0 Å². The lowest BCUT2D eigenvalue weighted by Crippen LogP contribution is -2.39. The summed E-state index contributed by atoms with van der Waals surface area (Å²) in [4.78, 5) is 2.34. The second-order valence-corrected chi connectivity index (χ2v) is 5.53. The van der Waals surface area contributed by atoms with Gasteiger partial charge in [0.25, 0.3) is 0 Å². The molecule has 0 saturated carbocycles. The molecule has 1 rings (SSSR count). The molecule has 1 atom stereocenters. The van der Waals surface area contributed by atoms with Crippen molar-refractivity contribution >= 4 is 5.69 Å². The van der Waals surface area contributed by atoms with Gasteiger partial charge in [0.1, 0.15) is 0 Å². The smallest absolute Gasteiger partial charge is 0.0383 e. The third-order valence-electron chi connectivity index (χ3n) is 3.41. The van der Waals surface area contributed by atoms with Gasteiger partial charge in [0.05, 0.1) is 0 Å². The summed E-state index contributed by atoms with van der Waals surface area (Å²) >= 11 is 0. The van der Waals surface area contributed by atoms with Crippen LogP contribution in [0.15, 0.2) is 24.3 Å². The van der Waals surface area contributed by atoms with Gasteiger partial charge in [-0.15, -0.1) is 0 Å². The van der Waals surface area contributed by atoms with Crippen molar-refractivity contribution in [3.8, 4) is 0 Å². The quantitative estimate of drug-likeness (QED) is 0.796. The Morgan fingerprint density at radius 3 is 2.17 bits per heavy atom. The van der Waals surface area contributed by atoms with Crippen LogP contribution in [0.3, 0.4) is 0 Å². The van der Waals surface area contributed by atoms with Gasteiger partial charge in [-0.2, -0.15) is 0 Å². The van der Waals surface area contributed by atoms with Crippen LogP contribution in [0.4, 0.5) is 5.69 Å². The average Bonchev–Trinajstić information content (AvgIpc) is 2.37. The SMILES string of the molecule is CCc1ccc(N(C)C(C)CNCC(C)C)cc1. The minimum atomic E-state index is 0.510. The Balaban J connectivity index is 2.48. The fourth-order valence-electron chi connectivity index (χ4n) is 1.94. The van der Waals surface area contributed by atoms with Crippen molar-refractivity contribution < 1.29 is 0 Å². The molecule has 2 heteroatoms. The van der Waals surface area contributed by atoms with Gasteiger partial charge in [0.2, 0.25) is 0 Å². The molecule has 18 heavy (non-hydrogen) atoms. The van der Waals surface area contributed by atoms with Gasteiger partial charge in [-0.25, -0.2) is 0 Å². The standard InChI is InChI=1S/C16H28N2/c1-6-15-7-9-16(10-8-15)18(5)14(4)12-17-11-13(2)3/h7-10,13-14,17H,6,11-12H2,1-5H3. The number of hydrogen-bond donors (Lipinski definition) is 1. The lowest BCUT2D eigenvalue weighted by molar-refractivity contribution is 0.518. The molecule has 0 spiro atoms. The number of nitrogens with zero attached hydrogens (tertiary/aromatic N) is 1. The van der Waals surface area contributed by atoms with Crippen LogP contribution in [0.2, 0.25) is 0 Å². The van der Waals surface area contributed by atoms with Crippen LogP contribution in [0.5, 0.6) is 0 Å². The molecule has 0 heterocycles. The molecule has 0 saturated heterocycles. The molecule has 1 unspecified atom stereocenters. The largest absolute Gasteiger partial charge is 0.371 e. The Bertz CT molecular complexity index is 329. The molecular weight excluding hydrogens is 220 g/mol. The van der Waals surface area contributed by atoms with Crippen molar-refractivity contribution in [1.29, 1.82) is 0 Å². The van der Waals surface area contributed by atoms with Gasteiger partial charge in [-0.1, -0.05) is 32.9 Å². The van der Waals surface area contributed by atoms with Crippen LogP contribution in [-0.2, 0) is 6.42 Å². The monoisotopic (exact) mass is 248 g/mol. The van der Waals surface area contributed by atoms with E-state index in [-0.39, 0.29) is 0 Å². The lowest BCUT2D eigenvalue weighted by Gasteiger charge is -2.27. The zero-order valence-corrected chi connectivity index (χ0v) is 12.5. The van der Waals surface area contributed by atoms with Crippen molar-refractivity contribution in [2.24, 2.45) is 5.92 Å². The molecule has 0 aromatic heterocycles. The number of aryl methyl sites for hydroxylation is 1. The summed E-state index contributed by atoms with van der Waals surface area (Å²) < 4.78 is 0. The van der Waals surface area contributed by atoms with Gasteiger partial charge in [0.15, 0.2) is 0 Å². The third-order valence-corrected chi connectivity index (χ3v) is 3.41. The molecule has 0 aliphatic rings. The number of nitrogens with one attached hydrogen (secondary N) is 1. The minimum Gasteiger partial charge on any atom is -0.371 e. The summed E-state index contributed by atoms with van der Waals surface area (Å²) in [5.74, 6) is 0.714. The van der Waals surface area contributed by atoms with E-state index < -0.39 is 0 Å². The molecule has 0 bridgehead atoms. The molecule has 0 aliphatic carbocycles. The molecule has 102 valence electrons. The highest BCUT2D eigenvalue weighted by Crippen LogP contribution is 2.16. The first kappa shape index (κ1) is 15.0. The first-order chi connectivity index (χ1) is 8.54. The van der Waals surface area contributed by atoms with Crippen LogP contribution in [0.25, 0.3) is 0 Å². The maximum atomic E-state index is 3.52. The van der Waals surface area contributed by atoms with E-state index in [2.05, 4.69) is 69.2 Å². The zero-order chi connectivity index (χ0) is 13.5. The van der Waals surface area contributed by atoms with E-state index in [4.69, 9.17) is 0 Å². The first-order valence-electron chi connectivity index (χ1n) is 7.07. The Labute approximate surface area is 112 Å². The third kappa shape index (κ3) is 4.69. The minimum absolute atomic E-state index is 0.510. The van der Waals surface area contributed by atoms with Gasteiger partial charge >= 0.3 is 0 Å². The Hall–Kier alpha value is -1.02. The van der Waals surface area contributed by atoms with Gasteiger partial charge in [0, 0.05) is 25.3 Å². The van der Waals surface area contributed by atoms with Gasteiger partial charge < -0.3 is 10.2 Å². The predicted molar refractivity (Wildman–Crippen MR) is 81.4 cm³/mol. The molecule has 0 amide bonds. The molecule has 1 N–H and O–H groups in total. The number of likely N-dealkylation sites (N-methyl/N-ethyl adjacent to an activating group) is 1. The van der Waals surface area contributed by atoms with E-state index in [0.29, 0.717) is 12.0 Å². The molecule has 2 nitrogen and oxygen atoms in total. The van der Waals surface area contributed by atoms with Crippen LogP contribution < -0.4 is 10.2 Å². The number of benzene rings is 1. The fourth-order valence-corrected chi connectivity index (χ4v) is 1.94. The van der Waals surface area contributed by atoms with Crippen molar-refractivity contribution in [3.05, 3.63) is 29.8 Å². The molecule has 0 aliphatic heterocycles. The second-order valence-electron chi connectivity index (χ2n) is 5.53. The van der Waals surface area contributed by atoms with Crippen LogP contribution in [0, 0.1) is 5.92 Å². The fraction of sp³-hybridized carbons (Fsp3) is 0.625. The first-order valence-corrected chi connectivity index (χ1v) is 7.07. The van der Waals surface area contributed by atoms with E-state index in [0.717, 1.165) is 19.5 Å². The highest BCUT2D eigenvalue weighted by Gasteiger charge is 2.09. The van der Waals surface area contributed by atoms with Crippen molar-refractivity contribution in [2.75, 3.05) is 25.0 Å². The highest BCUT2D eigenvalue weighted by molar-refractivity contribution is 5.47. The van der Waals surface area contributed by atoms with Crippen molar-refractivity contribution in [1.82, 2.24) is 5.32 Å². The summed E-state index contributed by atoms with van der Waals surface area (Å²) in [6.07, 6.45) is 1.11. The Morgan fingerprint density at radius 2 is 1.67 bits per heavy atom. The second kappa shape index (κ2) is 7.42. The normalized spacial score (nSPS) is 12.8. The Kier molecular flexibility index (Phi) is 6.20. The number of rotatable bonds is 7. The number of hydrogen-bond acceptors (Lipinski definition) is 2. The van der Waals surface area contributed by atoms with Crippen LogP contribution in [0.1, 0.15) is 33.3 Å². The van der Waals surface area contributed by atoms with Crippen LogP contribution in [-0.4, -0.2) is 26.2 Å². The molecule has 0 fully saturated rings. The van der Waals surface area contributed by atoms with Crippen LogP contribution >= 0.6 is 0 Å². The maximum absolute atomic E-state index is 3.52. The topological polar surface area (TPSA) is 15.3 Å². The molecular formula is C16H28N2. The van der Waals surface area contributed by atoms with E-state index in [1.807, 2.05) is 0 Å². The van der Waals surface area contributed by atoms with E-state index in [1.54, 1.807) is 0 Å².